The van der Waals surface area contributed by atoms with Crippen molar-refractivity contribution >= 4 is 21.6 Å². The summed E-state index contributed by atoms with van der Waals surface area (Å²) < 4.78 is 28.6. The van der Waals surface area contributed by atoms with Crippen LogP contribution in [0.5, 0.6) is 0 Å². The van der Waals surface area contributed by atoms with Crippen LogP contribution in [-0.2, 0) is 10.0 Å². The van der Waals surface area contributed by atoms with Gasteiger partial charge in [-0.2, -0.15) is 0 Å². The van der Waals surface area contributed by atoms with Crippen molar-refractivity contribution in [2.45, 2.75) is 45.1 Å². The fourth-order valence-electron chi connectivity index (χ4n) is 3.41. The average Bonchev–Trinajstić information content (AvgIpc) is 2.72. The lowest BCUT2D eigenvalue weighted by Gasteiger charge is -2.18. The van der Waals surface area contributed by atoms with Gasteiger partial charge in [-0.25, -0.2) is 8.42 Å². The van der Waals surface area contributed by atoms with Gasteiger partial charge in [0, 0.05) is 11.3 Å². The van der Waals surface area contributed by atoms with E-state index in [-0.39, 0.29) is 16.8 Å². The summed E-state index contributed by atoms with van der Waals surface area (Å²) in [4.78, 5) is 13.0. The van der Waals surface area contributed by atoms with Gasteiger partial charge in [0.1, 0.15) is 0 Å². The van der Waals surface area contributed by atoms with Crippen molar-refractivity contribution < 1.29 is 13.2 Å². The summed E-state index contributed by atoms with van der Waals surface area (Å²) in [7, 11) is -3.84. The highest BCUT2D eigenvalue weighted by atomic mass is 32.2. The summed E-state index contributed by atoms with van der Waals surface area (Å²) in [5.41, 5.74) is 4.48. The molecule has 0 aliphatic rings. The Balaban J connectivity index is 1.85. The molecule has 0 spiro atoms. The molecule has 3 aromatic carbocycles. The second-order valence-corrected chi connectivity index (χ2v) is 9.45. The van der Waals surface area contributed by atoms with Crippen molar-refractivity contribution in [1.29, 1.82) is 0 Å². The topological polar surface area (TPSA) is 75.3 Å². The third-order valence-corrected chi connectivity index (χ3v) is 6.73. The van der Waals surface area contributed by atoms with Crippen LogP contribution in [0, 0.1) is 20.8 Å². The number of sulfonamides is 1. The van der Waals surface area contributed by atoms with Crippen LogP contribution in [0.3, 0.4) is 0 Å². The predicted molar refractivity (Wildman–Crippen MR) is 125 cm³/mol. The standard InChI is InChI=1S/C25H28N2O3S/c1-5-23(20-12-9-17(2)10-13-20)26-25(28)21-14-11-19(4)24(16-21)31(29,30)27-22-8-6-7-18(3)15-22/h6-16,23,27H,5H2,1-4H3,(H,26,28)/t23-/m0/s1. The second kappa shape index (κ2) is 9.35. The maximum Gasteiger partial charge on any atom is 0.262 e. The second-order valence-electron chi connectivity index (χ2n) is 7.80. The molecule has 162 valence electrons. The highest BCUT2D eigenvalue weighted by molar-refractivity contribution is 7.92. The molecule has 31 heavy (non-hydrogen) atoms. The Morgan fingerprint density at radius 1 is 0.903 bits per heavy atom. The SMILES string of the molecule is CC[C@H](NC(=O)c1ccc(C)c(S(=O)(=O)Nc2cccc(C)c2)c1)c1ccc(C)cc1. The summed E-state index contributed by atoms with van der Waals surface area (Å²) in [6, 6.07) is 19.8. The molecular weight excluding hydrogens is 408 g/mol. The van der Waals surface area contributed by atoms with E-state index >= 15 is 0 Å². The van der Waals surface area contributed by atoms with E-state index in [1.54, 1.807) is 37.3 Å². The first-order valence-electron chi connectivity index (χ1n) is 10.3. The molecule has 0 aliphatic heterocycles. The molecule has 0 unspecified atom stereocenters. The van der Waals surface area contributed by atoms with E-state index in [1.807, 2.05) is 51.1 Å². The van der Waals surface area contributed by atoms with Crippen molar-refractivity contribution in [3.63, 3.8) is 0 Å². The maximum atomic E-state index is 13.0. The summed E-state index contributed by atoms with van der Waals surface area (Å²) in [5, 5.41) is 3.02. The fourth-order valence-corrected chi connectivity index (χ4v) is 4.73. The molecule has 2 N–H and O–H groups in total. The van der Waals surface area contributed by atoms with E-state index in [9.17, 15) is 13.2 Å². The van der Waals surface area contributed by atoms with Crippen molar-refractivity contribution in [2.75, 3.05) is 4.72 Å². The molecule has 5 nitrogen and oxygen atoms in total. The van der Waals surface area contributed by atoms with E-state index in [4.69, 9.17) is 0 Å². The van der Waals surface area contributed by atoms with Crippen LogP contribution >= 0.6 is 0 Å². The van der Waals surface area contributed by atoms with Crippen molar-refractivity contribution in [3.8, 4) is 0 Å². The van der Waals surface area contributed by atoms with Crippen LogP contribution in [-0.4, -0.2) is 14.3 Å². The Kier molecular flexibility index (Phi) is 6.81. The van der Waals surface area contributed by atoms with Gasteiger partial charge in [-0.3, -0.25) is 9.52 Å². The van der Waals surface area contributed by atoms with Gasteiger partial charge >= 0.3 is 0 Å². The quantitative estimate of drug-likeness (QED) is 0.528. The zero-order chi connectivity index (χ0) is 22.6. The smallest absolute Gasteiger partial charge is 0.262 e. The van der Waals surface area contributed by atoms with Crippen molar-refractivity contribution in [2.24, 2.45) is 0 Å². The summed E-state index contributed by atoms with van der Waals surface area (Å²) >= 11 is 0. The number of carbonyl (C=O) groups is 1. The van der Waals surface area contributed by atoms with Crippen LogP contribution in [0.4, 0.5) is 5.69 Å². The number of anilines is 1. The number of amides is 1. The lowest BCUT2D eigenvalue weighted by Crippen LogP contribution is -2.28. The number of benzene rings is 3. The molecule has 0 saturated heterocycles. The molecule has 6 heteroatoms. The zero-order valence-corrected chi connectivity index (χ0v) is 19.1. The molecule has 0 radical (unpaired) electrons. The number of nitrogens with one attached hydrogen (secondary N) is 2. The molecule has 0 aliphatic carbocycles. The number of carbonyl (C=O) groups excluding carboxylic acids is 1. The molecule has 3 rings (SSSR count). The van der Waals surface area contributed by atoms with Gasteiger partial charge in [-0.05, 0) is 68.1 Å². The van der Waals surface area contributed by atoms with Gasteiger partial charge in [0.2, 0.25) is 0 Å². The Morgan fingerprint density at radius 3 is 2.26 bits per heavy atom. The summed E-state index contributed by atoms with van der Waals surface area (Å²) in [6.07, 6.45) is 0.723. The van der Waals surface area contributed by atoms with E-state index in [0.29, 0.717) is 16.8 Å². The van der Waals surface area contributed by atoms with E-state index in [2.05, 4.69) is 10.0 Å². The molecule has 0 fully saturated rings. The Hall–Kier alpha value is -3.12. The first kappa shape index (κ1) is 22.6. The van der Waals surface area contributed by atoms with E-state index in [0.717, 1.165) is 23.1 Å². The molecule has 0 aromatic heterocycles. The lowest BCUT2D eigenvalue weighted by atomic mass is 10.0. The highest BCUT2D eigenvalue weighted by Gasteiger charge is 2.21. The first-order valence-corrected chi connectivity index (χ1v) is 11.8. The van der Waals surface area contributed by atoms with Crippen LogP contribution in [0.25, 0.3) is 0 Å². The minimum atomic E-state index is -3.84. The normalized spacial score (nSPS) is 12.3. The van der Waals surface area contributed by atoms with Gasteiger partial charge in [0.15, 0.2) is 0 Å². The number of rotatable bonds is 7. The Bertz CT molecular complexity index is 1190. The Labute approximate surface area is 184 Å². The monoisotopic (exact) mass is 436 g/mol. The molecule has 0 bridgehead atoms. The predicted octanol–water partition coefficient (Wildman–Crippen LogP) is 5.29. The van der Waals surface area contributed by atoms with Gasteiger partial charge < -0.3 is 5.32 Å². The van der Waals surface area contributed by atoms with E-state index in [1.165, 1.54) is 6.07 Å². The van der Waals surface area contributed by atoms with Crippen LogP contribution in [0.1, 0.15) is 52.0 Å². The molecule has 3 aromatic rings. The van der Waals surface area contributed by atoms with Crippen LogP contribution in [0.2, 0.25) is 0 Å². The van der Waals surface area contributed by atoms with E-state index < -0.39 is 10.0 Å². The number of hydrogen-bond donors (Lipinski definition) is 2. The molecule has 1 atom stereocenters. The number of hydrogen-bond acceptors (Lipinski definition) is 3. The third kappa shape index (κ3) is 5.52. The van der Waals surface area contributed by atoms with Crippen LogP contribution in [0.15, 0.2) is 71.6 Å². The van der Waals surface area contributed by atoms with Gasteiger partial charge in [0.05, 0.1) is 10.9 Å². The summed E-state index contributed by atoms with van der Waals surface area (Å²) in [5.74, 6) is -0.306. The number of aryl methyl sites for hydroxylation is 3. The van der Waals surface area contributed by atoms with Crippen LogP contribution < -0.4 is 10.0 Å². The van der Waals surface area contributed by atoms with Gasteiger partial charge in [0.25, 0.3) is 15.9 Å². The fraction of sp³-hybridized carbons (Fsp3) is 0.240. The minimum Gasteiger partial charge on any atom is -0.345 e. The van der Waals surface area contributed by atoms with Gasteiger partial charge in [-0.15, -0.1) is 0 Å². The highest BCUT2D eigenvalue weighted by Crippen LogP contribution is 2.23. The molecule has 0 saturated carbocycles. The third-order valence-electron chi connectivity index (χ3n) is 5.20. The molecule has 0 heterocycles. The summed E-state index contributed by atoms with van der Waals surface area (Å²) in [6.45, 7) is 7.63. The first-order chi connectivity index (χ1) is 14.7. The zero-order valence-electron chi connectivity index (χ0n) is 18.3. The van der Waals surface area contributed by atoms with Crippen molar-refractivity contribution in [3.05, 3.63) is 94.5 Å². The lowest BCUT2D eigenvalue weighted by molar-refractivity contribution is 0.0935. The largest absolute Gasteiger partial charge is 0.345 e. The Morgan fingerprint density at radius 2 is 1.61 bits per heavy atom. The maximum absolute atomic E-state index is 13.0. The molecular formula is C25H28N2O3S. The van der Waals surface area contributed by atoms with Gasteiger partial charge in [-0.1, -0.05) is 55.0 Å². The minimum absolute atomic E-state index is 0.0880. The molecule has 1 amide bonds. The average molecular weight is 437 g/mol. The van der Waals surface area contributed by atoms with Crippen molar-refractivity contribution in [1.82, 2.24) is 5.32 Å².